The Morgan fingerprint density at radius 1 is 0.976 bits per heavy atom. The standard InChI is InChI=1S/C31H27N7O2S2/c1-19-28(26-18-42-31(32-26)24-12-14-38(15-13-24)27(39)17-25-3-2-16-41-25)29(35-40-19)22-8-4-20(5-9-22)21-6-10-23(11-7-21)30-33-36-37-34-30/h2-11,16,18,24H,12-15,17H2,1H3,(H,33,34,36,37). The lowest BCUT2D eigenvalue weighted by Gasteiger charge is -2.31. The van der Waals surface area contributed by atoms with Crippen LogP contribution in [0.2, 0.25) is 0 Å². The first-order chi connectivity index (χ1) is 20.6. The Bertz CT molecular complexity index is 1780. The van der Waals surface area contributed by atoms with Crippen LogP contribution in [0.15, 0.2) is 75.9 Å². The number of tetrazole rings is 1. The van der Waals surface area contributed by atoms with Crippen LogP contribution in [0.3, 0.4) is 0 Å². The molecule has 0 atom stereocenters. The molecule has 7 rings (SSSR count). The summed E-state index contributed by atoms with van der Waals surface area (Å²) >= 11 is 3.32. The number of aromatic amines is 1. The summed E-state index contributed by atoms with van der Waals surface area (Å²) in [5, 5.41) is 23.8. The number of piperidine rings is 1. The number of hydrogen-bond acceptors (Lipinski definition) is 9. The minimum absolute atomic E-state index is 0.215. The number of rotatable bonds is 7. The fourth-order valence-electron chi connectivity index (χ4n) is 5.43. The smallest absolute Gasteiger partial charge is 0.227 e. The zero-order valence-electron chi connectivity index (χ0n) is 22.9. The molecule has 1 fully saturated rings. The average Bonchev–Trinajstić information content (AvgIpc) is 3.86. The number of likely N-dealkylation sites (tertiary alicyclic amines) is 1. The molecule has 1 N–H and O–H groups in total. The second kappa shape index (κ2) is 11.4. The quantitative estimate of drug-likeness (QED) is 0.221. The van der Waals surface area contributed by atoms with Crippen LogP contribution in [-0.4, -0.2) is 54.7 Å². The Morgan fingerprint density at radius 3 is 2.36 bits per heavy atom. The van der Waals surface area contributed by atoms with Crippen molar-refractivity contribution in [2.75, 3.05) is 13.1 Å². The van der Waals surface area contributed by atoms with Gasteiger partial charge in [-0.3, -0.25) is 4.79 Å². The van der Waals surface area contributed by atoms with E-state index in [0.717, 1.165) is 80.8 Å². The van der Waals surface area contributed by atoms with Crippen molar-refractivity contribution in [3.8, 4) is 45.0 Å². The van der Waals surface area contributed by atoms with Crippen molar-refractivity contribution in [1.82, 2.24) is 35.7 Å². The van der Waals surface area contributed by atoms with Gasteiger partial charge in [-0.05, 0) is 47.6 Å². The first kappa shape index (κ1) is 26.4. The molecule has 1 aliphatic heterocycles. The number of aromatic nitrogens is 6. The number of nitrogens with zero attached hydrogens (tertiary/aromatic N) is 6. The van der Waals surface area contributed by atoms with Gasteiger partial charge in [-0.15, -0.1) is 32.9 Å². The van der Waals surface area contributed by atoms with Gasteiger partial charge in [0.05, 0.1) is 22.7 Å². The fraction of sp³-hybridized carbons (Fsp3) is 0.226. The van der Waals surface area contributed by atoms with E-state index in [2.05, 4.69) is 55.4 Å². The minimum atomic E-state index is 0.215. The average molecular weight is 594 g/mol. The number of H-pyrrole nitrogens is 1. The first-order valence-electron chi connectivity index (χ1n) is 13.8. The minimum Gasteiger partial charge on any atom is -0.360 e. The van der Waals surface area contributed by atoms with Gasteiger partial charge in [0.1, 0.15) is 11.5 Å². The summed E-state index contributed by atoms with van der Waals surface area (Å²) in [5.74, 6) is 1.88. The largest absolute Gasteiger partial charge is 0.360 e. The summed E-state index contributed by atoms with van der Waals surface area (Å²) < 4.78 is 5.66. The number of thiazole rings is 1. The number of thiophene rings is 1. The molecule has 4 aromatic heterocycles. The molecule has 6 aromatic rings. The van der Waals surface area contributed by atoms with E-state index < -0.39 is 0 Å². The molecular weight excluding hydrogens is 567 g/mol. The van der Waals surface area contributed by atoms with Crippen molar-refractivity contribution >= 4 is 28.6 Å². The Morgan fingerprint density at radius 2 is 1.69 bits per heavy atom. The van der Waals surface area contributed by atoms with Gasteiger partial charge < -0.3 is 9.42 Å². The van der Waals surface area contributed by atoms with Gasteiger partial charge in [-0.1, -0.05) is 59.8 Å². The van der Waals surface area contributed by atoms with Crippen LogP contribution in [0.5, 0.6) is 0 Å². The second-order valence-electron chi connectivity index (χ2n) is 10.3. The van der Waals surface area contributed by atoms with Crippen molar-refractivity contribution in [2.24, 2.45) is 0 Å². The highest BCUT2D eigenvalue weighted by Gasteiger charge is 2.27. The third-order valence-corrected chi connectivity index (χ3v) is 9.61. The van der Waals surface area contributed by atoms with E-state index in [9.17, 15) is 4.79 Å². The third-order valence-electron chi connectivity index (χ3n) is 7.72. The van der Waals surface area contributed by atoms with Crippen LogP contribution in [0, 0.1) is 6.92 Å². The topological polar surface area (TPSA) is 114 Å². The SMILES string of the molecule is Cc1onc(-c2ccc(-c3ccc(-c4nn[nH]n4)cc3)cc2)c1-c1csc(C2CCN(C(=O)Cc3cccs3)CC2)n1. The monoisotopic (exact) mass is 593 g/mol. The Kier molecular flexibility index (Phi) is 7.18. The summed E-state index contributed by atoms with van der Waals surface area (Å²) in [6, 6.07) is 20.4. The molecule has 5 heterocycles. The van der Waals surface area contributed by atoms with Crippen LogP contribution in [0.4, 0.5) is 0 Å². The van der Waals surface area contributed by atoms with Crippen LogP contribution in [0.1, 0.15) is 34.4 Å². The van der Waals surface area contributed by atoms with Crippen LogP contribution in [0.25, 0.3) is 45.0 Å². The molecule has 0 saturated carbocycles. The van der Waals surface area contributed by atoms with E-state index in [1.54, 1.807) is 22.7 Å². The maximum atomic E-state index is 12.7. The maximum absolute atomic E-state index is 12.7. The predicted octanol–water partition coefficient (Wildman–Crippen LogP) is 6.63. The number of hydrogen-bond donors (Lipinski definition) is 1. The number of benzene rings is 2. The zero-order valence-corrected chi connectivity index (χ0v) is 24.5. The fourth-order valence-corrected chi connectivity index (χ4v) is 7.11. The molecule has 0 radical (unpaired) electrons. The van der Waals surface area contributed by atoms with Crippen molar-refractivity contribution in [3.63, 3.8) is 0 Å². The Hall–Kier alpha value is -4.48. The molecule has 2 aromatic carbocycles. The van der Waals surface area contributed by atoms with Gasteiger partial charge in [0, 0.05) is 40.4 Å². The molecular formula is C31H27N7O2S2. The summed E-state index contributed by atoms with van der Waals surface area (Å²) in [4.78, 5) is 20.9. The Labute approximate surface area is 250 Å². The number of amides is 1. The van der Waals surface area contributed by atoms with Gasteiger partial charge >= 0.3 is 0 Å². The lowest BCUT2D eigenvalue weighted by Crippen LogP contribution is -2.38. The summed E-state index contributed by atoms with van der Waals surface area (Å²) in [6.07, 6.45) is 2.35. The predicted molar refractivity (Wildman–Crippen MR) is 163 cm³/mol. The molecule has 0 spiro atoms. The second-order valence-corrected chi connectivity index (χ2v) is 12.3. The molecule has 9 nitrogen and oxygen atoms in total. The summed E-state index contributed by atoms with van der Waals surface area (Å²) in [7, 11) is 0. The van der Waals surface area contributed by atoms with E-state index in [1.165, 1.54) is 0 Å². The van der Waals surface area contributed by atoms with Gasteiger partial charge in [-0.25, -0.2) is 4.98 Å². The molecule has 210 valence electrons. The third kappa shape index (κ3) is 5.28. The molecule has 0 unspecified atom stereocenters. The zero-order chi connectivity index (χ0) is 28.5. The highest BCUT2D eigenvalue weighted by molar-refractivity contribution is 7.10. The van der Waals surface area contributed by atoms with Gasteiger partial charge in [0.15, 0.2) is 0 Å². The number of aryl methyl sites for hydroxylation is 1. The van der Waals surface area contributed by atoms with E-state index in [0.29, 0.717) is 18.2 Å². The molecule has 1 saturated heterocycles. The Balaban J connectivity index is 1.04. The van der Waals surface area contributed by atoms with Crippen molar-refractivity contribution in [3.05, 3.63) is 87.1 Å². The molecule has 0 bridgehead atoms. The maximum Gasteiger partial charge on any atom is 0.227 e. The molecule has 11 heteroatoms. The molecule has 1 aliphatic rings. The van der Waals surface area contributed by atoms with Crippen LogP contribution >= 0.6 is 22.7 Å². The molecule has 1 amide bonds. The summed E-state index contributed by atoms with van der Waals surface area (Å²) in [6.45, 7) is 3.48. The highest BCUT2D eigenvalue weighted by atomic mass is 32.1. The van der Waals surface area contributed by atoms with E-state index >= 15 is 0 Å². The van der Waals surface area contributed by atoms with Crippen LogP contribution < -0.4 is 0 Å². The van der Waals surface area contributed by atoms with E-state index in [-0.39, 0.29) is 5.91 Å². The number of carbonyl (C=O) groups excluding carboxylic acids is 1. The number of carbonyl (C=O) groups is 1. The molecule has 0 aliphatic carbocycles. The first-order valence-corrected chi connectivity index (χ1v) is 15.6. The van der Waals surface area contributed by atoms with Gasteiger partial charge in [0.25, 0.3) is 0 Å². The van der Waals surface area contributed by atoms with Crippen molar-refractivity contribution < 1.29 is 9.32 Å². The van der Waals surface area contributed by atoms with Crippen molar-refractivity contribution in [2.45, 2.75) is 32.1 Å². The number of nitrogens with one attached hydrogen (secondary N) is 1. The van der Waals surface area contributed by atoms with Gasteiger partial charge in [-0.2, -0.15) is 5.21 Å². The summed E-state index contributed by atoms with van der Waals surface area (Å²) in [5.41, 5.74) is 6.67. The van der Waals surface area contributed by atoms with E-state index in [1.807, 2.05) is 53.6 Å². The highest BCUT2D eigenvalue weighted by Crippen LogP contribution is 2.38. The van der Waals surface area contributed by atoms with Crippen LogP contribution in [-0.2, 0) is 11.2 Å². The lowest BCUT2D eigenvalue weighted by atomic mass is 9.97. The normalized spacial score (nSPS) is 14.0. The van der Waals surface area contributed by atoms with Crippen molar-refractivity contribution in [1.29, 1.82) is 0 Å². The lowest BCUT2D eigenvalue weighted by molar-refractivity contribution is -0.131. The van der Waals surface area contributed by atoms with Gasteiger partial charge in [0.2, 0.25) is 11.7 Å². The van der Waals surface area contributed by atoms with E-state index in [4.69, 9.17) is 9.51 Å². The molecule has 42 heavy (non-hydrogen) atoms.